The molecule has 0 radical (unpaired) electrons. The Morgan fingerprint density at radius 3 is 2.54 bits per heavy atom. The molecule has 1 amide bonds. The molecule has 0 fully saturated rings. The van der Waals surface area contributed by atoms with Crippen LogP contribution in [0.25, 0.3) is 16.5 Å². The number of allylic oxidation sites excluding steroid dienone is 1. The molecule has 1 aliphatic heterocycles. The average molecular weight is 345 g/mol. The van der Waals surface area contributed by atoms with Crippen LogP contribution in [-0.4, -0.2) is 17.0 Å². The molecule has 0 atom stereocenters. The number of nitrogens with one attached hydrogen (secondary N) is 1. The summed E-state index contributed by atoms with van der Waals surface area (Å²) in [5.74, 6) is 0.308. The van der Waals surface area contributed by atoms with Crippen LogP contribution in [0.5, 0.6) is 0 Å². The Morgan fingerprint density at radius 1 is 1.21 bits per heavy atom. The molecular formula is C20H25ClN2O. The topological polar surface area (TPSA) is 34.0 Å². The van der Waals surface area contributed by atoms with Gasteiger partial charge in [-0.25, -0.2) is 0 Å². The normalized spacial score (nSPS) is 19.2. The van der Waals surface area contributed by atoms with Crippen molar-refractivity contribution in [2.24, 2.45) is 11.3 Å². The second kappa shape index (κ2) is 5.96. The zero-order valence-corrected chi connectivity index (χ0v) is 15.8. The fraction of sp³-hybridized carbons (Fsp3) is 0.450. The number of carbonyl (C=O) groups excluding carboxylic acids is 1. The minimum Gasteiger partial charge on any atom is -0.350 e. The summed E-state index contributed by atoms with van der Waals surface area (Å²) in [6.45, 7) is 12.0. The average Bonchev–Trinajstić information content (AvgIpc) is 2.77. The first-order valence-corrected chi connectivity index (χ1v) is 8.90. The third-order valence-electron chi connectivity index (χ3n) is 4.58. The first-order valence-electron chi connectivity index (χ1n) is 8.52. The van der Waals surface area contributed by atoms with Crippen molar-refractivity contribution in [3.63, 3.8) is 0 Å². The van der Waals surface area contributed by atoms with Crippen molar-refractivity contribution >= 4 is 34.0 Å². The number of nitrogens with zero attached hydrogens (tertiary/aromatic N) is 1. The van der Waals surface area contributed by atoms with E-state index in [2.05, 4.69) is 56.6 Å². The molecule has 0 saturated heterocycles. The smallest absolute Gasteiger partial charge is 0.248 e. The summed E-state index contributed by atoms with van der Waals surface area (Å²) in [4.78, 5) is 12.8. The van der Waals surface area contributed by atoms with Crippen LogP contribution < -0.4 is 5.32 Å². The standard InChI is InChI=1S/C20H25ClN2O/c1-12(2)17-16-11-13-10-14(21)6-7-15(13)23(16)9-8-22-19(24)18(17)20(3,4)5/h6-7,10-12H,8-9H2,1-5H3,(H,22,24)/b18-17+. The molecule has 3 rings (SSSR count). The lowest BCUT2D eigenvalue weighted by Crippen LogP contribution is -2.36. The lowest BCUT2D eigenvalue weighted by Gasteiger charge is -2.30. The Bertz CT molecular complexity index is 837. The molecule has 3 nitrogen and oxygen atoms in total. The summed E-state index contributed by atoms with van der Waals surface area (Å²) in [6, 6.07) is 8.18. The van der Waals surface area contributed by atoms with Gasteiger partial charge in [0.25, 0.3) is 0 Å². The SMILES string of the molecule is CC(C)/C1=C(\C(C)(C)C)C(=O)NCCn2c1cc1cc(Cl)ccc12. The lowest BCUT2D eigenvalue weighted by atomic mass is 9.78. The first kappa shape index (κ1) is 17.1. The van der Waals surface area contributed by atoms with Gasteiger partial charge in [-0.3, -0.25) is 4.79 Å². The van der Waals surface area contributed by atoms with Gasteiger partial charge in [0.15, 0.2) is 0 Å². The van der Waals surface area contributed by atoms with Crippen LogP contribution in [0.4, 0.5) is 0 Å². The van der Waals surface area contributed by atoms with E-state index in [4.69, 9.17) is 11.6 Å². The van der Waals surface area contributed by atoms with Crippen molar-refractivity contribution in [1.82, 2.24) is 9.88 Å². The van der Waals surface area contributed by atoms with Gasteiger partial charge in [-0.1, -0.05) is 46.2 Å². The fourth-order valence-corrected chi connectivity index (χ4v) is 3.84. The summed E-state index contributed by atoms with van der Waals surface area (Å²) in [6.07, 6.45) is 0. The second-order valence-electron chi connectivity index (χ2n) is 7.83. The van der Waals surface area contributed by atoms with Crippen LogP contribution in [0.15, 0.2) is 29.8 Å². The van der Waals surface area contributed by atoms with Crippen molar-refractivity contribution in [3.05, 3.63) is 40.6 Å². The molecule has 1 aromatic carbocycles. The molecule has 1 aliphatic rings. The molecule has 2 heterocycles. The number of hydrogen-bond acceptors (Lipinski definition) is 1. The maximum Gasteiger partial charge on any atom is 0.248 e. The highest BCUT2D eigenvalue weighted by Gasteiger charge is 2.32. The summed E-state index contributed by atoms with van der Waals surface area (Å²) >= 11 is 6.18. The summed E-state index contributed by atoms with van der Waals surface area (Å²) in [5.41, 5.74) is 4.10. The maximum atomic E-state index is 12.8. The van der Waals surface area contributed by atoms with E-state index in [-0.39, 0.29) is 17.2 Å². The third-order valence-corrected chi connectivity index (χ3v) is 4.82. The molecule has 24 heavy (non-hydrogen) atoms. The van der Waals surface area contributed by atoms with Gasteiger partial charge in [0.2, 0.25) is 5.91 Å². The van der Waals surface area contributed by atoms with Gasteiger partial charge in [-0.15, -0.1) is 0 Å². The number of aromatic nitrogens is 1. The predicted molar refractivity (Wildman–Crippen MR) is 101 cm³/mol. The van der Waals surface area contributed by atoms with Crippen LogP contribution in [0.1, 0.15) is 40.3 Å². The number of amides is 1. The molecule has 1 aromatic heterocycles. The molecule has 0 aliphatic carbocycles. The molecule has 4 heteroatoms. The predicted octanol–water partition coefficient (Wildman–Crippen LogP) is 4.88. The van der Waals surface area contributed by atoms with E-state index in [1.165, 1.54) is 0 Å². The van der Waals surface area contributed by atoms with E-state index in [1.807, 2.05) is 12.1 Å². The minimum absolute atomic E-state index is 0.0562. The highest BCUT2D eigenvalue weighted by atomic mass is 35.5. The molecule has 2 aromatic rings. The van der Waals surface area contributed by atoms with Crippen LogP contribution >= 0.6 is 11.6 Å². The van der Waals surface area contributed by atoms with Gasteiger partial charge >= 0.3 is 0 Å². The highest BCUT2D eigenvalue weighted by Crippen LogP contribution is 2.39. The third kappa shape index (κ3) is 2.86. The first-order chi connectivity index (χ1) is 11.2. The highest BCUT2D eigenvalue weighted by molar-refractivity contribution is 6.31. The van der Waals surface area contributed by atoms with Crippen molar-refractivity contribution in [2.45, 2.75) is 41.2 Å². The van der Waals surface area contributed by atoms with Crippen molar-refractivity contribution < 1.29 is 4.79 Å². The fourth-order valence-electron chi connectivity index (χ4n) is 3.65. The molecule has 0 spiro atoms. The molecule has 0 unspecified atom stereocenters. The van der Waals surface area contributed by atoms with Crippen LogP contribution in [0.3, 0.4) is 0 Å². The van der Waals surface area contributed by atoms with E-state index >= 15 is 0 Å². The van der Waals surface area contributed by atoms with Crippen molar-refractivity contribution in [2.75, 3.05) is 6.54 Å². The van der Waals surface area contributed by atoms with Gasteiger partial charge in [-0.2, -0.15) is 0 Å². The molecule has 1 N–H and O–H groups in total. The van der Waals surface area contributed by atoms with Crippen LogP contribution in [-0.2, 0) is 11.3 Å². The Balaban J connectivity index is 2.40. The molecule has 0 bridgehead atoms. The Kier molecular flexibility index (Phi) is 4.25. The Labute approximate surface area is 148 Å². The molecular weight excluding hydrogens is 320 g/mol. The molecule has 128 valence electrons. The van der Waals surface area contributed by atoms with E-state index in [9.17, 15) is 4.79 Å². The van der Waals surface area contributed by atoms with E-state index in [0.717, 1.165) is 39.3 Å². The van der Waals surface area contributed by atoms with Gasteiger partial charge in [0.1, 0.15) is 0 Å². The maximum absolute atomic E-state index is 12.8. The van der Waals surface area contributed by atoms with E-state index in [1.54, 1.807) is 0 Å². The van der Waals surface area contributed by atoms with Crippen LogP contribution in [0, 0.1) is 11.3 Å². The number of fused-ring (bicyclic) bond motifs is 3. The largest absolute Gasteiger partial charge is 0.350 e. The van der Waals surface area contributed by atoms with Crippen LogP contribution in [0.2, 0.25) is 5.02 Å². The Hall–Kier alpha value is -1.74. The monoisotopic (exact) mass is 344 g/mol. The van der Waals surface area contributed by atoms with Gasteiger partial charge < -0.3 is 9.88 Å². The minimum atomic E-state index is -0.222. The summed E-state index contributed by atoms with van der Waals surface area (Å²) < 4.78 is 2.31. The summed E-state index contributed by atoms with van der Waals surface area (Å²) in [7, 11) is 0. The van der Waals surface area contributed by atoms with E-state index in [0.29, 0.717) is 6.54 Å². The number of rotatable bonds is 1. The van der Waals surface area contributed by atoms with Gasteiger partial charge in [0.05, 0.1) is 0 Å². The second-order valence-corrected chi connectivity index (χ2v) is 8.27. The number of benzene rings is 1. The zero-order chi connectivity index (χ0) is 17.6. The zero-order valence-electron chi connectivity index (χ0n) is 15.0. The Morgan fingerprint density at radius 2 is 1.92 bits per heavy atom. The molecule has 0 saturated carbocycles. The lowest BCUT2D eigenvalue weighted by molar-refractivity contribution is -0.118. The van der Waals surface area contributed by atoms with Crippen molar-refractivity contribution in [3.8, 4) is 0 Å². The quantitative estimate of drug-likeness (QED) is 0.786. The van der Waals surface area contributed by atoms with E-state index < -0.39 is 0 Å². The van der Waals surface area contributed by atoms with Gasteiger partial charge in [0, 0.05) is 40.3 Å². The summed E-state index contributed by atoms with van der Waals surface area (Å²) in [5, 5.41) is 4.95. The van der Waals surface area contributed by atoms with Gasteiger partial charge in [-0.05, 0) is 41.2 Å². The number of halogens is 1. The number of hydrogen-bond donors (Lipinski definition) is 1. The number of carbonyl (C=O) groups is 1. The van der Waals surface area contributed by atoms with Crippen molar-refractivity contribution in [1.29, 1.82) is 0 Å².